The van der Waals surface area contributed by atoms with Crippen molar-refractivity contribution < 1.29 is 20.1 Å². The monoisotopic (exact) mass is 391 g/mol. The quantitative estimate of drug-likeness (QED) is 0.501. The van der Waals surface area contributed by atoms with E-state index in [-0.39, 0.29) is 0 Å². The summed E-state index contributed by atoms with van der Waals surface area (Å²) in [6.07, 6.45) is -1.36. The molecule has 0 saturated carbocycles. The lowest BCUT2D eigenvalue weighted by Gasteiger charge is -2.16. The largest absolute Gasteiger partial charge is 0.394 e. The fourth-order valence-corrected chi connectivity index (χ4v) is 3.30. The second-order valence-corrected chi connectivity index (χ2v) is 6.63. The number of hydrogen-bond donors (Lipinski definition) is 4. The normalized spacial score (nSPS) is 25.2. The molecule has 0 unspecified atom stereocenters. The molecule has 1 saturated heterocycles. The first-order valence-corrected chi connectivity index (χ1v) is 8.75. The van der Waals surface area contributed by atoms with Gasteiger partial charge in [-0.3, -0.25) is 4.57 Å². The van der Waals surface area contributed by atoms with Gasteiger partial charge in [-0.1, -0.05) is 29.8 Å². The number of rotatable bonds is 5. The summed E-state index contributed by atoms with van der Waals surface area (Å²) in [5.41, 5.74) is 1.83. The predicted molar refractivity (Wildman–Crippen MR) is 97.1 cm³/mol. The molecule has 1 aliphatic heterocycles. The Morgan fingerprint density at radius 2 is 1.96 bits per heavy atom. The van der Waals surface area contributed by atoms with E-state index in [1.165, 1.54) is 17.2 Å². The van der Waals surface area contributed by atoms with E-state index in [2.05, 4.69) is 20.3 Å². The molecule has 0 aliphatic carbocycles. The van der Waals surface area contributed by atoms with E-state index in [1.54, 1.807) is 0 Å². The summed E-state index contributed by atoms with van der Waals surface area (Å²) in [6, 6.07) is 7.47. The standard InChI is InChI=1S/C17H18ClN5O4/c18-10-4-2-1-3-9(10)5-19-15-12-16(21-7-20-15)23(8-22-12)17-14(26)13(25)11(6-24)27-17/h1-4,7-8,11,13-14,17,24-26H,5-6H2,(H,19,20,21)/t11-,13+,14+,17+/m0/s1. The maximum absolute atomic E-state index is 10.2. The number of hydrogen-bond acceptors (Lipinski definition) is 8. The summed E-state index contributed by atoms with van der Waals surface area (Å²) >= 11 is 6.18. The van der Waals surface area contributed by atoms with Gasteiger partial charge in [0.05, 0.1) is 12.9 Å². The van der Waals surface area contributed by atoms with Crippen molar-refractivity contribution >= 4 is 28.6 Å². The van der Waals surface area contributed by atoms with Crippen LogP contribution in [-0.4, -0.2) is 59.8 Å². The first kappa shape index (κ1) is 18.1. The highest BCUT2D eigenvalue weighted by Crippen LogP contribution is 2.32. The van der Waals surface area contributed by atoms with Gasteiger partial charge >= 0.3 is 0 Å². The lowest BCUT2D eigenvalue weighted by molar-refractivity contribution is -0.0511. The number of fused-ring (bicyclic) bond motifs is 1. The molecule has 0 radical (unpaired) electrons. The molecular weight excluding hydrogens is 374 g/mol. The number of nitrogens with one attached hydrogen (secondary N) is 1. The van der Waals surface area contributed by atoms with Gasteiger partial charge in [0, 0.05) is 11.6 Å². The number of ether oxygens (including phenoxy) is 1. The number of imidazole rings is 1. The van der Waals surface area contributed by atoms with Gasteiger partial charge in [0.15, 0.2) is 23.2 Å². The van der Waals surface area contributed by atoms with E-state index in [9.17, 15) is 15.3 Å². The van der Waals surface area contributed by atoms with Crippen LogP contribution in [0.25, 0.3) is 11.2 Å². The number of aromatic nitrogens is 4. The Kier molecular flexibility index (Phi) is 4.94. The zero-order chi connectivity index (χ0) is 19.0. The van der Waals surface area contributed by atoms with E-state index < -0.39 is 31.1 Å². The molecule has 3 heterocycles. The number of nitrogens with zero attached hydrogens (tertiary/aromatic N) is 4. The Morgan fingerprint density at radius 3 is 2.70 bits per heavy atom. The summed E-state index contributed by atoms with van der Waals surface area (Å²) in [4.78, 5) is 12.8. The van der Waals surface area contributed by atoms with Crippen molar-refractivity contribution in [2.45, 2.75) is 31.1 Å². The lowest BCUT2D eigenvalue weighted by Crippen LogP contribution is -2.33. The molecule has 142 valence electrons. The minimum Gasteiger partial charge on any atom is -0.394 e. The topological polar surface area (TPSA) is 126 Å². The molecule has 2 aromatic heterocycles. The SMILES string of the molecule is OC[C@@H]1O[C@@H](n2cnc3c(NCc4ccccc4Cl)ncnc32)[C@H](O)[C@@H]1O. The van der Waals surface area contributed by atoms with Crippen LogP contribution in [0.4, 0.5) is 5.82 Å². The Hall–Kier alpha value is -2.30. The Labute approximate surface area is 159 Å². The van der Waals surface area contributed by atoms with Gasteiger partial charge in [0.1, 0.15) is 24.6 Å². The van der Waals surface area contributed by atoms with E-state index in [0.717, 1.165) is 5.56 Å². The molecule has 0 bridgehead atoms. The first-order valence-electron chi connectivity index (χ1n) is 8.37. The number of halogens is 1. The van der Waals surface area contributed by atoms with Crippen LogP contribution in [0.2, 0.25) is 5.02 Å². The average molecular weight is 392 g/mol. The van der Waals surface area contributed by atoms with E-state index >= 15 is 0 Å². The highest BCUT2D eigenvalue weighted by molar-refractivity contribution is 6.31. The molecule has 0 amide bonds. The smallest absolute Gasteiger partial charge is 0.167 e. The van der Waals surface area contributed by atoms with Crippen molar-refractivity contribution in [2.75, 3.05) is 11.9 Å². The average Bonchev–Trinajstić information content (AvgIpc) is 3.23. The Bertz CT molecular complexity index is 952. The minimum atomic E-state index is -1.21. The van der Waals surface area contributed by atoms with Crippen LogP contribution in [0.5, 0.6) is 0 Å². The van der Waals surface area contributed by atoms with Crippen molar-refractivity contribution in [3.8, 4) is 0 Å². The molecule has 4 rings (SSSR count). The molecule has 10 heteroatoms. The summed E-state index contributed by atoms with van der Waals surface area (Å²) < 4.78 is 7.06. The van der Waals surface area contributed by atoms with Gasteiger partial charge in [-0.2, -0.15) is 0 Å². The van der Waals surface area contributed by atoms with Crippen LogP contribution < -0.4 is 5.32 Å². The van der Waals surface area contributed by atoms with Gasteiger partial charge in [0.2, 0.25) is 0 Å². The second-order valence-electron chi connectivity index (χ2n) is 6.22. The van der Waals surface area contributed by atoms with Crippen LogP contribution in [0.15, 0.2) is 36.9 Å². The predicted octanol–water partition coefficient (Wildman–Crippen LogP) is 0.703. The fraction of sp³-hybridized carbons (Fsp3) is 0.353. The molecule has 4 N–H and O–H groups in total. The van der Waals surface area contributed by atoms with E-state index in [4.69, 9.17) is 16.3 Å². The van der Waals surface area contributed by atoms with Crippen molar-refractivity contribution in [3.05, 3.63) is 47.5 Å². The third-order valence-corrected chi connectivity index (χ3v) is 4.92. The summed E-state index contributed by atoms with van der Waals surface area (Å²) in [5, 5.41) is 33.3. The number of anilines is 1. The third kappa shape index (κ3) is 3.24. The zero-order valence-corrected chi connectivity index (χ0v) is 14.9. The van der Waals surface area contributed by atoms with Crippen LogP contribution in [0.1, 0.15) is 11.8 Å². The van der Waals surface area contributed by atoms with Crippen molar-refractivity contribution in [3.63, 3.8) is 0 Å². The molecule has 0 spiro atoms. The van der Waals surface area contributed by atoms with Crippen LogP contribution in [-0.2, 0) is 11.3 Å². The minimum absolute atomic E-state index is 0.402. The van der Waals surface area contributed by atoms with Gasteiger partial charge in [-0.25, -0.2) is 15.0 Å². The van der Waals surface area contributed by atoms with Crippen LogP contribution in [0, 0.1) is 0 Å². The molecule has 27 heavy (non-hydrogen) atoms. The first-order chi connectivity index (χ1) is 13.1. The number of aliphatic hydroxyl groups excluding tert-OH is 3. The third-order valence-electron chi connectivity index (χ3n) is 4.55. The highest BCUT2D eigenvalue weighted by Gasteiger charge is 2.44. The molecular formula is C17H18ClN5O4. The summed E-state index contributed by atoms with van der Waals surface area (Å²) in [5.74, 6) is 0.505. The van der Waals surface area contributed by atoms with E-state index in [0.29, 0.717) is 28.5 Å². The van der Waals surface area contributed by atoms with Crippen molar-refractivity contribution in [2.24, 2.45) is 0 Å². The van der Waals surface area contributed by atoms with Gasteiger partial charge in [-0.15, -0.1) is 0 Å². The maximum atomic E-state index is 10.2. The molecule has 4 atom stereocenters. The summed E-state index contributed by atoms with van der Waals surface area (Å²) in [7, 11) is 0. The number of benzene rings is 1. The molecule has 3 aromatic rings. The Balaban J connectivity index is 1.61. The van der Waals surface area contributed by atoms with Crippen molar-refractivity contribution in [1.29, 1.82) is 0 Å². The molecule has 1 fully saturated rings. The summed E-state index contributed by atoms with van der Waals surface area (Å²) in [6.45, 7) is 0.0491. The van der Waals surface area contributed by atoms with E-state index in [1.807, 2.05) is 24.3 Å². The van der Waals surface area contributed by atoms with Gasteiger partial charge < -0.3 is 25.4 Å². The lowest BCUT2D eigenvalue weighted by atomic mass is 10.1. The van der Waals surface area contributed by atoms with Crippen molar-refractivity contribution in [1.82, 2.24) is 19.5 Å². The Morgan fingerprint density at radius 1 is 1.15 bits per heavy atom. The number of aliphatic hydroxyl groups is 3. The van der Waals surface area contributed by atoms with Gasteiger partial charge in [0.25, 0.3) is 0 Å². The molecule has 1 aliphatic rings. The molecule has 9 nitrogen and oxygen atoms in total. The molecule has 1 aromatic carbocycles. The second kappa shape index (κ2) is 7.37. The van der Waals surface area contributed by atoms with Crippen LogP contribution >= 0.6 is 11.6 Å². The van der Waals surface area contributed by atoms with Crippen LogP contribution in [0.3, 0.4) is 0 Å². The fourth-order valence-electron chi connectivity index (χ4n) is 3.10. The van der Waals surface area contributed by atoms with Gasteiger partial charge in [-0.05, 0) is 11.6 Å². The maximum Gasteiger partial charge on any atom is 0.167 e. The highest BCUT2D eigenvalue weighted by atomic mass is 35.5. The zero-order valence-electron chi connectivity index (χ0n) is 14.1.